The van der Waals surface area contributed by atoms with Gasteiger partial charge in [-0.3, -0.25) is 9.69 Å². The maximum atomic E-state index is 11.1. The maximum absolute atomic E-state index is 11.1. The van der Waals surface area contributed by atoms with Gasteiger partial charge in [-0.15, -0.1) is 0 Å². The van der Waals surface area contributed by atoms with Gasteiger partial charge in [-0.1, -0.05) is 12.5 Å². The van der Waals surface area contributed by atoms with Crippen LogP contribution in [0.1, 0.15) is 20.8 Å². The van der Waals surface area contributed by atoms with Crippen LogP contribution in [0, 0.1) is 11.8 Å². The van der Waals surface area contributed by atoms with E-state index in [-0.39, 0.29) is 5.97 Å². The summed E-state index contributed by atoms with van der Waals surface area (Å²) in [7, 11) is 0. The van der Waals surface area contributed by atoms with Crippen LogP contribution in [-0.2, 0) is 14.3 Å². The van der Waals surface area contributed by atoms with Gasteiger partial charge in [0.15, 0.2) is 5.60 Å². The number of carbonyl (C=O) groups is 1. The van der Waals surface area contributed by atoms with Crippen LogP contribution in [0.5, 0.6) is 0 Å². The monoisotopic (exact) mass is 251 g/mol. The highest BCUT2D eigenvalue weighted by molar-refractivity contribution is 5.67. The third-order valence-corrected chi connectivity index (χ3v) is 2.90. The topological polar surface area (TPSA) is 38.8 Å². The second kappa shape index (κ2) is 6.58. The summed E-state index contributed by atoms with van der Waals surface area (Å²) in [6.45, 7) is 12.7. The zero-order valence-electron chi connectivity index (χ0n) is 11.4. The van der Waals surface area contributed by atoms with Crippen molar-refractivity contribution in [3.63, 3.8) is 0 Å². The number of carbonyl (C=O) groups excluding carboxylic acids is 1. The molecule has 1 fully saturated rings. The molecule has 1 rings (SSSR count). The summed E-state index contributed by atoms with van der Waals surface area (Å²) in [6.07, 6.45) is 0. The third kappa shape index (κ3) is 4.52. The van der Waals surface area contributed by atoms with Crippen molar-refractivity contribution in [1.29, 1.82) is 0 Å². The molecule has 1 saturated heterocycles. The number of nitrogens with zero attached hydrogens (tertiary/aromatic N) is 1. The van der Waals surface area contributed by atoms with E-state index in [0.29, 0.717) is 6.54 Å². The lowest BCUT2D eigenvalue weighted by atomic mass is 9.99. The largest absolute Gasteiger partial charge is 0.442 e. The predicted molar refractivity (Wildman–Crippen MR) is 70.0 cm³/mol. The Morgan fingerprint density at radius 3 is 2.56 bits per heavy atom. The molecule has 0 saturated carbocycles. The molecule has 0 aliphatic carbocycles. The van der Waals surface area contributed by atoms with E-state index in [1.54, 1.807) is 6.92 Å². The Hall–Kier alpha value is -1.31. The molecule has 0 radical (unpaired) electrons. The Morgan fingerprint density at radius 2 is 2.06 bits per heavy atom. The molecule has 0 aromatic rings. The average molecular weight is 251 g/mol. The van der Waals surface area contributed by atoms with Gasteiger partial charge in [-0.05, 0) is 25.3 Å². The van der Waals surface area contributed by atoms with Crippen molar-refractivity contribution in [3.8, 4) is 11.8 Å². The van der Waals surface area contributed by atoms with Gasteiger partial charge in [0.05, 0.1) is 19.8 Å². The molecule has 0 aromatic carbocycles. The molecule has 0 amide bonds. The zero-order chi connectivity index (χ0) is 13.6. The SMILES string of the molecule is C=C(C)[C@@](C)(C#CCN1CCOCC1)OC(C)=O. The molecule has 1 aliphatic heterocycles. The highest BCUT2D eigenvalue weighted by Crippen LogP contribution is 2.18. The summed E-state index contributed by atoms with van der Waals surface area (Å²) in [6, 6.07) is 0. The lowest BCUT2D eigenvalue weighted by Crippen LogP contribution is -2.37. The first-order chi connectivity index (χ1) is 8.44. The second-order valence-corrected chi connectivity index (χ2v) is 4.60. The molecule has 0 N–H and O–H groups in total. The Bertz CT molecular complexity index is 374. The number of ether oxygens (including phenoxy) is 2. The smallest absolute Gasteiger partial charge is 0.304 e. The van der Waals surface area contributed by atoms with Crippen LogP contribution in [0.25, 0.3) is 0 Å². The number of esters is 1. The van der Waals surface area contributed by atoms with Crippen LogP contribution in [0.3, 0.4) is 0 Å². The fourth-order valence-electron chi connectivity index (χ4n) is 1.59. The normalized spacial score (nSPS) is 19.3. The summed E-state index contributed by atoms with van der Waals surface area (Å²) in [4.78, 5) is 13.3. The molecule has 0 aromatic heterocycles. The molecule has 1 heterocycles. The maximum Gasteiger partial charge on any atom is 0.304 e. The van der Waals surface area contributed by atoms with Crippen molar-refractivity contribution in [2.24, 2.45) is 0 Å². The standard InChI is InChI=1S/C14H21NO3/c1-12(2)14(4,18-13(3)16)6-5-7-15-8-10-17-11-9-15/h1,7-11H2,2-4H3/t14-/m1/s1. The first-order valence-electron chi connectivity index (χ1n) is 6.10. The fourth-order valence-corrected chi connectivity index (χ4v) is 1.59. The molecule has 1 aliphatic rings. The minimum atomic E-state index is -0.891. The van der Waals surface area contributed by atoms with E-state index in [9.17, 15) is 4.79 Å². The first kappa shape index (κ1) is 14.7. The summed E-state index contributed by atoms with van der Waals surface area (Å²) in [5.41, 5.74) is -0.162. The molecule has 4 heteroatoms. The van der Waals surface area contributed by atoms with Crippen molar-refractivity contribution < 1.29 is 14.3 Å². The quantitative estimate of drug-likeness (QED) is 0.429. The highest BCUT2D eigenvalue weighted by Gasteiger charge is 2.26. The molecule has 18 heavy (non-hydrogen) atoms. The van der Waals surface area contributed by atoms with Gasteiger partial charge in [-0.2, -0.15) is 0 Å². The second-order valence-electron chi connectivity index (χ2n) is 4.60. The van der Waals surface area contributed by atoms with Crippen LogP contribution < -0.4 is 0 Å². The van der Waals surface area contributed by atoms with E-state index < -0.39 is 5.60 Å². The average Bonchev–Trinajstić information content (AvgIpc) is 2.29. The van der Waals surface area contributed by atoms with Crippen LogP contribution in [-0.4, -0.2) is 49.3 Å². The van der Waals surface area contributed by atoms with Crippen molar-refractivity contribution in [1.82, 2.24) is 4.90 Å². The Balaban J connectivity index is 2.60. The Kier molecular flexibility index (Phi) is 5.39. The van der Waals surface area contributed by atoms with Gasteiger partial charge in [0.1, 0.15) is 0 Å². The molecular weight excluding hydrogens is 230 g/mol. The molecular formula is C14H21NO3. The van der Waals surface area contributed by atoms with Crippen LogP contribution in [0.15, 0.2) is 12.2 Å². The molecule has 4 nitrogen and oxygen atoms in total. The van der Waals surface area contributed by atoms with E-state index in [0.717, 1.165) is 31.9 Å². The van der Waals surface area contributed by atoms with E-state index >= 15 is 0 Å². The lowest BCUT2D eigenvalue weighted by Gasteiger charge is -2.25. The molecule has 0 unspecified atom stereocenters. The van der Waals surface area contributed by atoms with Gasteiger partial charge in [0.2, 0.25) is 0 Å². The zero-order valence-corrected chi connectivity index (χ0v) is 11.4. The van der Waals surface area contributed by atoms with Crippen LogP contribution in [0.2, 0.25) is 0 Å². The highest BCUT2D eigenvalue weighted by atomic mass is 16.6. The molecule has 0 bridgehead atoms. The first-order valence-corrected chi connectivity index (χ1v) is 6.10. The van der Waals surface area contributed by atoms with E-state index in [2.05, 4.69) is 23.3 Å². The van der Waals surface area contributed by atoms with Crippen molar-refractivity contribution in [2.45, 2.75) is 26.4 Å². The summed E-state index contributed by atoms with van der Waals surface area (Å²) in [5, 5.41) is 0. The number of morpholine rings is 1. The number of rotatable bonds is 3. The minimum absolute atomic E-state index is 0.346. The van der Waals surface area contributed by atoms with Crippen LogP contribution >= 0.6 is 0 Å². The predicted octanol–water partition coefficient (Wildman–Crippen LogP) is 1.22. The van der Waals surface area contributed by atoms with Crippen LogP contribution in [0.4, 0.5) is 0 Å². The number of hydrogen-bond acceptors (Lipinski definition) is 4. The van der Waals surface area contributed by atoms with Crippen molar-refractivity contribution in [2.75, 3.05) is 32.8 Å². The summed E-state index contributed by atoms with van der Waals surface area (Å²) in [5.74, 6) is 5.72. The van der Waals surface area contributed by atoms with Gasteiger partial charge in [-0.25, -0.2) is 0 Å². The Morgan fingerprint density at radius 1 is 1.44 bits per heavy atom. The van der Waals surface area contributed by atoms with Gasteiger partial charge in [0.25, 0.3) is 0 Å². The van der Waals surface area contributed by atoms with E-state index in [1.807, 2.05) is 6.92 Å². The van der Waals surface area contributed by atoms with Crippen molar-refractivity contribution in [3.05, 3.63) is 12.2 Å². The summed E-state index contributed by atoms with van der Waals surface area (Å²) >= 11 is 0. The summed E-state index contributed by atoms with van der Waals surface area (Å²) < 4.78 is 10.5. The fraction of sp³-hybridized carbons (Fsp3) is 0.643. The molecule has 1 atom stereocenters. The Labute approximate surface area is 109 Å². The molecule has 0 spiro atoms. The van der Waals surface area contributed by atoms with Gasteiger partial charge in [0, 0.05) is 20.0 Å². The van der Waals surface area contributed by atoms with E-state index in [4.69, 9.17) is 9.47 Å². The molecule has 100 valence electrons. The van der Waals surface area contributed by atoms with Gasteiger partial charge >= 0.3 is 5.97 Å². The minimum Gasteiger partial charge on any atom is -0.442 e. The van der Waals surface area contributed by atoms with E-state index in [1.165, 1.54) is 6.92 Å². The number of hydrogen-bond donors (Lipinski definition) is 0. The van der Waals surface area contributed by atoms with Crippen molar-refractivity contribution >= 4 is 5.97 Å². The third-order valence-electron chi connectivity index (χ3n) is 2.90. The lowest BCUT2D eigenvalue weighted by molar-refractivity contribution is -0.147. The van der Waals surface area contributed by atoms with Gasteiger partial charge < -0.3 is 9.47 Å².